The van der Waals surface area contributed by atoms with Gasteiger partial charge in [0.25, 0.3) is 30.1 Å². The number of alkyl halides is 13. The number of aromatic nitrogens is 6. The second-order valence-corrected chi connectivity index (χ2v) is 15.0. The van der Waals surface area contributed by atoms with Crippen molar-refractivity contribution in [3.05, 3.63) is 50.9 Å². The van der Waals surface area contributed by atoms with E-state index < -0.39 is 107 Å². The summed E-state index contributed by atoms with van der Waals surface area (Å²) < 4.78 is 178. The van der Waals surface area contributed by atoms with Crippen molar-refractivity contribution in [2.45, 2.75) is 140 Å². The predicted molar refractivity (Wildman–Crippen MR) is 159 cm³/mol. The van der Waals surface area contributed by atoms with Crippen LogP contribution < -0.4 is 0 Å². The fraction of sp³-hybridized carbons (Fsp3) is 0.727. The molecule has 0 aliphatic heterocycles. The fourth-order valence-corrected chi connectivity index (χ4v) is 7.86. The smallest absolute Gasteiger partial charge is 0.260 e. The van der Waals surface area contributed by atoms with E-state index in [1.807, 2.05) is 0 Å². The number of nitrogens with zero attached hydrogens (tertiary/aromatic N) is 6. The quantitative estimate of drug-likeness (QED) is 0.249. The molecule has 5 aliphatic rings. The van der Waals surface area contributed by atoms with Gasteiger partial charge in [0, 0.05) is 53.9 Å². The first-order chi connectivity index (χ1) is 23.7. The Morgan fingerprint density at radius 2 is 1.04 bits per heavy atom. The summed E-state index contributed by atoms with van der Waals surface area (Å²) >= 11 is 0. The largest absolute Gasteiger partial charge is 0.435 e. The lowest BCUT2D eigenvalue weighted by atomic mass is 9.89. The van der Waals surface area contributed by atoms with E-state index in [-0.39, 0.29) is 41.0 Å². The number of hydrogen-bond acceptors (Lipinski definition) is 3. The molecule has 8 rings (SSSR count). The maximum absolute atomic E-state index is 14.0. The Labute approximate surface area is 289 Å². The van der Waals surface area contributed by atoms with Gasteiger partial charge in [-0.2, -0.15) is 54.8 Å². The van der Waals surface area contributed by atoms with Crippen LogP contribution in [0, 0.1) is 18.8 Å². The first kappa shape index (κ1) is 38.4. The van der Waals surface area contributed by atoms with Gasteiger partial charge in [-0.25, -0.2) is 17.6 Å². The molecule has 0 amide bonds. The average molecular weight is 765 g/mol. The van der Waals surface area contributed by atoms with Crippen LogP contribution in [-0.2, 0) is 29.9 Å². The molecule has 2 fully saturated rings. The summed E-state index contributed by atoms with van der Waals surface area (Å²) in [6, 6.07) is -1.21. The molecule has 5 aliphatic carbocycles. The molecule has 52 heavy (non-hydrogen) atoms. The summed E-state index contributed by atoms with van der Waals surface area (Å²) in [6.45, 7) is 11.1. The number of fused-ring (bicyclic) bond motifs is 7. The number of rotatable bonds is 4. The maximum atomic E-state index is 14.0. The summed E-state index contributed by atoms with van der Waals surface area (Å²) in [5, 5.41) is 10.9. The van der Waals surface area contributed by atoms with Crippen molar-refractivity contribution in [3.63, 3.8) is 0 Å². The maximum Gasteiger partial charge on any atom is 0.435 e. The van der Waals surface area contributed by atoms with Crippen molar-refractivity contribution in [2.75, 3.05) is 0 Å². The number of hydrogen-bond donors (Lipinski definition) is 0. The van der Waals surface area contributed by atoms with Crippen LogP contribution in [0.25, 0.3) is 0 Å². The molecule has 0 saturated heterocycles. The van der Waals surface area contributed by atoms with Crippen LogP contribution in [0.5, 0.6) is 0 Å². The summed E-state index contributed by atoms with van der Waals surface area (Å²) in [7, 11) is 0. The number of halogens is 13. The highest BCUT2D eigenvalue weighted by atomic mass is 19.4. The van der Waals surface area contributed by atoms with Crippen molar-refractivity contribution in [2.24, 2.45) is 11.8 Å². The minimum absolute atomic E-state index is 0.00178. The molecule has 3 aromatic heterocycles. The van der Waals surface area contributed by atoms with Crippen molar-refractivity contribution in [1.82, 2.24) is 29.3 Å². The second kappa shape index (κ2) is 11.9. The Morgan fingerprint density at radius 1 is 0.615 bits per heavy atom. The highest BCUT2D eigenvalue weighted by molar-refractivity contribution is 5.47. The predicted octanol–water partition coefficient (Wildman–Crippen LogP) is 11.1. The topological polar surface area (TPSA) is 53.5 Å². The van der Waals surface area contributed by atoms with Crippen LogP contribution in [0.3, 0.4) is 0 Å². The van der Waals surface area contributed by atoms with Crippen molar-refractivity contribution >= 4 is 0 Å². The van der Waals surface area contributed by atoms with Gasteiger partial charge in [0.05, 0.1) is 11.3 Å². The third kappa shape index (κ3) is 5.80. The van der Waals surface area contributed by atoms with Crippen molar-refractivity contribution in [1.29, 1.82) is 0 Å². The highest BCUT2D eigenvalue weighted by Gasteiger charge is 2.69. The van der Waals surface area contributed by atoms with Crippen LogP contribution in [0.1, 0.15) is 154 Å². The molecule has 0 spiro atoms. The number of aryl methyl sites for hydroxylation is 1. The van der Waals surface area contributed by atoms with E-state index >= 15 is 0 Å². The van der Waals surface area contributed by atoms with Gasteiger partial charge in [0.1, 0.15) is 22.8 Å². The van der Waals surface area contributed by atoms with Crippen LogP contribution >= 0.6 is 0 Å². The summed E-state index contributed by atoms with van der Waals surface area (Å²) in [4.78, 5) is 0. The monoisotopic (exact) mass is 764 g/mol. The van der Waals surface area contributed by atoms with E-state index in [0.717, 1.165) is 14.0 Å². The lowest BCUT2D eigenvalue weighted by Gasteiger charge is -2.30. The molecule has 6 nitrogen and oxygen atoms in total. The zero-order chi connectivity index (χ0) is 39.0. The normalized spacial score (nSPS) is 26.3. The summed E-state index contributed by atoms with van der Waals surface area (Å²) in [6.07, 6.45) is -8.66. The van der Waals surface area contributed by atoms with Crippen molar-refractivity contribution in [3.8, 4) is 0 Å². The Bertz CT molecular complexity index is 1860. The van der Waals surface area contributed by atoms with Gasteiger partial charge in [0.15, 0.2) is 5.69 Å². The van der Waals surface area contributed by atoms with Gasteiger partial charge in [-0.05, 0) is 73.1 Å². The Balaban J connectivity index is 0.000000134. The van der Waals surface area contributed by atoms with Gasteiger partial charge in [-0.3, -0.25) is 14.0 Å². The Morgan fingerprint density at radius 3 is 1.50 bits per heavy atom. The minimum atomic E-state index is -4.67. The molecule has 0 N–H and O–H groups in total. The summed E-state index contributed by atoms with van der Waals surface area (Å²) in [5.74, 6) is -15.4. The molecule has 0 radical (unpaired) electrons. The van der Waals surface area contributed by atoms with Crippen LogP contribution in [0.2, 0.25) is 0 Å². The van der Waals surface area contributed by atoms with Crippen LogP contribution in [0.15, 0.2) is 0 Å². The fourth-order valence-electron chi connectivity index (χ4n) is 7.86. The molecule has 4 atom stereocenters. The van der Waals surface area contributed by atoms with Gasteiger partial charge >= 0.3 is 6.18 Å². The Hall–Kier alpha value is -3.28. The third-order valence-electron chi connectivity index (χ3n) is 10.3. The van der Waals surface area contributed by atoms with Crippen molar-refractivity contribution < 1.29 is 57.1 Å². The summed E-state index contributed by atoms with van der Waals surface area (Å²) in [5.41, 5.74) is -3.72. The van der Waals surface area contributed by atoms with Gasteiger partial charge in [-0.15, -0.1) is 0 Å². The zero-order valence-electron chi connectivity index (χ0n) is 29.0. The van der Waals surface area contributed by atoms with Gasteiger partial charge in [0.2, 0.25) is 0 Å². The SMILES string of the molecule is CC(C)n1nc(C(F)(F)F)c2c1C(F)(F)C1CC21.CC(C)n1nc(C(F)F)c2c1C(F)(F)C1CC21.Cc1nn(C(C)C)c2c1C(F)(F)CCC2(F)F. The van der Waals surface area contributed by atoms with E-state index in [0.29, 0.717) is 6.42 Å². The molecule has 0 bridgehead atoms. The highest BCUT2D eigenvalue weighted by Crippen LogP contribution is 2.69. The first-order valence-electron chi connectivity index (χ1n) is 16.9. The molecule has 3 aromatic rings. The zero-order valence-corrected chi connectivity index (χ0v) is 29.0. The van der Waals surface area contributed by atoms with Gasteiger partial charge in [-0.1, -0.05) is 0 Å². The van der Waals surface area contributed by atoms with E-state index in [9.17, 15) is 57.1 Å². The lowest BCUT2D eigenvalue weighted by molar-refractivity contribution is -0.142. The van der Waals surface area contributed by atoms with Crippen LogP contribution in [-0.4, -0.2) is 29.3 Å². The third-order valence-corrected chi connectivity index (χ3v) is 10.3. The molecular formula is C33H37F13N6. The standard InChI is InChI=1S/C11H11F5N2.C11H12F4N2.C11H14F4N2/c1-4(2)18-9-7(8(17-18)11(14,15)16)5-3-6(5)10(9,12)13;1-4(2)17-9-7(8(16-17)10(12)13)5-3-6(5)11(9,14)15;1-6(2)17-9-8(7(3)16-17)10(12,13)4-5-11(9,14)15/h4-6H,3H2,1-2H3;4-6,10H,3H2,1-2H3;6H,4-5H2,1-3H3. The molecule has 0 aromatic carbocycles. The lowest BCUT2D eigenvalue weighted by Crippen LogP contribution is -2.32. The second-order valence-electron chi connectivity index (χ2n) is 15.0. The van der Waals surface area contributed by atoms with E-state index in [1.54, 1.807) is 41.5 Å². The molecule has 3 heterocycles. The molecule has 290 valence electrons. The molecule has 19 heteroatoms. The van der Waals surface area contributed by atoms with E-state index in [2.05, 4.69) is 15.3 Å². The average Bonchev–Trinajstić information content (AvgIpc) is 3.78. The van der Waals surface area contributed by atoms with Crippen LogP contribution in [0.4, 0.5) is 57.1 Å². The van der Waals surface area contributed by atoms with E-state index in [1.165, 1.54) is 6.92 Å². The minimum Gasteiger partial charge on any atom is -0.260 e. The van der Waals surface area contributed by atoms with E-state index in [4.69, 9.17) is 0 Å². The molecule has 4 unspecified atom stereocenters. The molecule has 2 saturated carbocycles. The molecular weight excluding hydrogens is 727 g/mol. The van der Waals surface area contributed by atoms with Gasteiger partial charge < -0.3 is 0 Å². The Kier molecular flexibility index (Phi) is 8.77. The first-order valence-corrected chi connectivity index (χ1v) is 16.9.